The largest absolute Gasteiger partial charge is 0.316 e. The molecule has 2 rings (SSSR count). The molecule has 0 aliphatic carbocycles. The van der Waals surface area contributed by atoms with Gasteiger partial charge in [-0.15, -0.1) is 10.2 Å². The first-order valence-electron chi connectivity index (χ1n) is 6.24. The van der Waals surface area contributed by atoms with Gasteiger partial charge >= 0.3 is 0 Å². The lowest BCUT2D eigenvalue weighted by atomic mass is 10.2. The van der Waals surface area contributed by atoms with Crippen LogP contribution in [0.25, 0.3) is 0 Å². The van der Waals surface area contributed by atoms with Gasteiger partial charge in [0.25, 0.3) is 10.0 Å². The van der Waals surface area contributed by atoms with Gasteiger partial charge < -0.3 is 5.32 Å². The molecule has 21 heavy (non-hydrogen) atoms. The Hall–Kier alpha value is -1.58. The molecule has 6 nitrogen and oxygen atoms in total. The summed E-state index contributed by atoms with van der Waals surface area (Å²) in [5, 5.41) is 11.2. The van der Waals surface area contributed by atoms with Crippen molar-refractivity contribution in [3.63, 3.8) is 0 Å². The number of aryl methyl sites for hydroxylation is 1. The molecule has 9 heteroatoms. The van der Waals surface area contributed by atoms with Crippen molar-refractivity contribution >= 4 is 26.5 Å². The lowest BCUT2D eigenvalue weighted by molar-refractivity contribution is 0.568. The van der Waals surface area contributed by atoms with Gasteiger partial charge in [-0.05, 0) is 31.2 Å². The van der Waals surface area contributed by atoms with Crippen LogP contribution in [0.4, 0.5) is 9.52 Å². The van der Waals surface area contributed by atoms with Gasteiger partial charge in [-0.2, -0.15) is 0 Å². The van der Waals surface area contributed by atoms with E-state index in [9.17, 15) is 12.8 Å². The molecule has 0 aliphatic heterocycles. The van der Waals surface area contributed by atoms with Crippen molar-refractivity contribution in [3.8, 4) is 0 Å². The van der Waals surface area contributed by atoms with Gasteiger partial charge in [0.2, 0.25) is 5.13 Å². The van der Waals surface area contributed by atoms with Gasteiger partial charge in [0.1, 0.15) is 15.7 Å². The Bertz CT molecular complexity index is 731. The van der Waals surface area contributed by atoms with Crippen molar-refractivity contribution in [2.75, 3.05) is 11.8 Å². The molecule has 0 aliphatic rings. The van der Waals surface area contributed by atoms with E-state index in [1.807, 2.05) is 6.92 Å². The maximum absolute atomic E-state index is 14.0. The molecule has 0 amide bonds. The number of rotatable bonds is 6. The molecule has 114 valence electrons. The van der Waals surface area contributed by atoms with E-state index >= 15 is 0 Å². The van der Waals surface area contributed by atoms with Crippen molar-refractivity contribution in [2.24, 2.45) is 0 Å². The lowest BCUT2D eigenvalue weighted by Crippen LogP contribution is -2.15. The van der Waals surface area contributed by atoms with E-state index in [0.717, 1.165) is 11.3 Å². The van der Waals surface area contributed by atoms with Crippen LogP contribution < -0.4 is 10.0 Å². The Balaban J connectivity index is 2.26. The summed E-state index contributed by atoms with van der Waals surface area (Å²) in [6, 6.07) is 4.00. The highest BCUT2D eigenvalue weighted by molar-refractivity contribution is 7.93. The fourth-order valence-electron chi connectivity index (χ4n) is 1.68. The summed E-state index contributed by atoms with van der Waals surface area (Å²) < 4.78 is 40.5. The SMILES string of the molecule is CCc1nnc(NS(=O)(=O)c2ccc(CNC)cc2F)s1. The first-order valence-corrected chi connectivity index (χ1v) is 8.54. The predicted molar refractivity (Wildman–Crippen MR) is 79.3 cm³/mol. The van der Waals surface area contributed by atoms with Crippen molar-refractivity contribution in [3.05, 3.63) is 34.6 Å². The van der Waals surface area contributed by atoms with Gasteiger partial charge in [-0.1, -0.05) is 24.3 Å². The van der Waals surface area contributed by atoms with E-state index in [4.69, 9.17) is 0 Å². The Kier molecular flexibility index (Phi) is 4.86. The van der Waals surface area contributed by atoms with E-state index in [1.54, 1.807) is 13.1 Å². The molecule has 2 N–H and O–H groups in total. The fourth-order valence-corrected chi connectivity index (χ4v) is 3.65. The third-order valence-corrected chi connectivity index (χ3v) is 5.14. The molecule has 0 atom stereocenters. The first kappa shape index (κ1) is 15.8. The molecule has 1 aromatic carbocycles. The highest BCUT2D eigenvalue weighted by Crippen LogP contribution is 2.22. The smallest absolute Gasteiger partial charge is 0.266 e. The number of hydrogen-bond acceptors (Lipinski definition) is 6. The number of benzene rings is 1. The van der Waals surface area contributed by atoms with Gasteiger partial charge in [0.05, 0.1) is 0 Å². The third-order valence-electron chi connectivity index (χ3n) is 2.66. The summed E-state index contributed by atoms with van der Waals surface area (Å²) >= 11 is 1.13. The predicted octanol–water partition coefficient (Wildman–Crippen LogP) is 1.76. The maximum Gasteiger partial charge on any atom is 0.266 e. The van der Waals surface area contributed by atoms with Gasteiger partial charge in [0, 0.05) is 6.54 Å². The minimum atomic E-state index is -4.01. The summed E-state index contributed by atoms with van der Waals surface area (Å²) in [6.45, 7) is 2.35. The van der Waals surface area contributed by atoms with Crippen LogP contribution in [0.1, 0.15) is 17.5 Å². The van der Waals surface area contributed by atoms with Gasteiger partial charge in [-0.25, -0.2) is 12.8 Å². The Labute approximate surface area is 126 Å². The highest BCUT2D eigenvalue weighted by Gasteiger charge is 2.21. The molecule has 1 aromatic heterocycles. The molecule has 0 radical (unpaired) electrons. The first-order chi connectivity index (χ1) is 9.96. The second kappa shape index (κ2) is 6.46. The van der Waals surface area contributed by atoms with Crippen molar-refractivity contribution in [2.45, 2.75) is 24.8 Å². The van der Waals surface area contributed by atoms with Crippen molar-refractivity contribution in [1.29, 1.82) is 0 Å². The standard InChI is InChI=1S/C12H15FN4O2S2/c1-3-11-15-16-12(20-11)17-21(18,19)10-5-4-8(7-14-2)6-9(10)13/h4-6,14H,3,7H2,1-2H3,(H,16,17). The summed E-state index contributed by atoms with van der Waals surface area (Å²) in [7, 11) is -2.28. The van der Waals surface area contributed by atoms with E-state index < -0.39 is 20.7 Å². The minimum Gasteiger partial charge on any atom is -0.316 e. The average molecular weight is 330 g/mol. The molecular weight excluding hydrogens is 315 g/mol. The second-order valence-electron chi connectivity index (χ2n) is 4.26. The van der Waals surface area contributed by atoms with Gasteiger partial charge in [-0.3, -0.25) is 4.72 Å². The van der Waals surface area contributed by atoms with Crippen LogP contribution in [0, 0.1) is 5.82 Å². The highest BCUT2D eigenvalue weighted by atomic mass is 32.2. The van der Waals surface area contributed by atoms with Crippen molar-refractivity contribution in [1.82, 2.24) is 15.5 Å². The number of nitrogens with zero attached hydrogens (tertiary/aromatic N) is 2. The van der Waals surface area contributed by atoms with E-state index in [-0.39, 0.29) is 5.13 Å². The molecular formula is C12H15FN4O2S2. The maximum atomic E-state index is 14.0. The van der Waals surface area contributed by atoms with Crippen LogP contribution in [0.5, 0.6) is 0 Å². The topological polar surface area (TPSA) is 84.0 Å². The van der Waals surface area contributed by atoms with E-state index in [2.05, 4.69) is 20.2 Å². The zero-order valence-electron chi connectivity index (χ0n) is 11.6. The molecule has 0 spiro atoms. The van der Waals surface area contributed by atoms with E-state index in [0.29, 0.717) is 23.5 Å². The Morgan fingerprint density at radius 1 is 1.33 bits per heavy atom. The quantitative estimate of drug-likeness (QED) is 0.843. The van der Waals surface area contributed by atoms with Crippen LogP contribution in [0.15, 0.2) is 23.1 Å². The summed E-state index contributed by atoms with van der Waals surface area (Å²) in [6.07, 6.45) is 0.659. The summed E-state index contributed by atoms with van der Waals surface area (Å²) in [5.74, 6) is -0.796. The third kappa shape index (κ3) is 3.74. The summed E-state index contributed by atoms with van der Waals surface area (Å²) in [4.78, 5) is -0.407. The molecule has 2 aromatic rings. The normalized spacial score (nSPS) is 11.6. The number of aromatic nitrogens is 2. The van der Waals surface area contributed by atoms with Crippen molar-refractivity contribution < 1.29 is 12.8 Å². The minimum absolute atomic E-state index is 0.130. The molecule has 0 saturated heterocycles. The average Bonchev–Trinajstić information content (AvgIpc) is 2.85. The molecule has 0 saturated carbocycles. The number of hydrogen-bond donors (Lipinski definition) is 2. The van der Waals surface area contributed by atoms with Gasteiger partial charge in [0.15, 0.2) is 0 Å². The number of halogens is 1. The van der Waals surface area contributed by atoms with Crippen LogP contribution in [-0.2, 0) is 23.0 Å². The molecule has 1 heterocycles. The Morgan fingerprint density at radius 2 is 2.10 bits per heavy atom. The lowest BCUT2D eigenvalue weighted by Gasteiger charge is -2.07. The molecule has 0 unspecified atom stereocenters. The van der Waals surface area contributed by atoms with Crippen LogP contribution in [-0.4, -0.2) is 25.7 Å². The number of sulfonamides is 1. The van der Waals surface area contributed by atoms with Crippen LogP contribution in [0.3, 0.4) is 0 Å². The molecule has 0 bridgehead atoms. The molecule has 0 fully saturated rings. The monoisotopic (exact) mass is 330 g/mol. The van der Waals surface area contributed by atoms with E-state index in [1.165, 1.54) is 12.1 Å². The second-order valence-corrected chi connectivity index (χ2v) is 6.97. The fraction of sp³-hybridized carbons (Fsp3) is 0.333. The summed E-state index contributed by atoms with van der Waals surface area (Å²) in [5.41, 5.74) is 0.665. The van der Waals surface area contributed by atoms with Crippen LogP contribution in [0.2, 0.25) is 0 Å². The van der Waals surface area contributed by atoms with Crippen LogP contribution >= 0.6 is 11.3 Å². The number of anilines is 1. The number of nitrogens with one attached hydrogen (secondary N) is 2. The Morgan fingerprint density at radius 3 is 2.67 bits per heavy atom. The zero-order valence-corrected chi connectivity index (χ0v) is 13.2. The zero-order chi connectivity index (χ0) is 15.5.